The van der Waals surface area contributed by atoms with Crippen molar-refractivity contribution in [3.63, 3.8) is 0 Å². The highest BCUT2D eigenvalue weighted by Crippen LogP contribution is 2.01. The zero-order valence-corrected chi connectivity index (χ0v) is 10.7. The third-order valence-corrected chi connectivity index (χ3v) is 2.64. The second-order valence-corrected chi connectivity index (χ2v) is 4.30. The molecule has 0 aliphatic heterocycles. The van der Waals surface area contributed by atoms with E-state index in [0.29, 0.717) is 5.75 Å². The van der Waals surface area contributed by atoms with Crippen molar-refractivity contribution in [2.24, 2.45) is 0 Å². The Labute approximate surface area is 104 Å². The van der Waals surface area contributed by atoms with Crippen LogP contribution in [0.3, 0.4) is 0 Å². The summed E-state index contributed by atoms with van der Waals surface area (Å²) in [6.45, 7) is 0. The molecule has 0 aliphatic carbocycles. The van der Waals surface area contributed by atoms with Crippen LogP contribution in [-0.4, -0.2) is 48.1 Å². The monoisotopic (exact) mass is 263 g/mol. The smallest absolute Gasteiger partial charge is 0.326 e. The van der Waals surface area contributed by atoms with Crippen LogP contribution < -0.4 is 5.32 Å². The lowest BCUT2D eigenvalue weighted by Crippen LogP contribution is -2.41. The molecule has 0 spiro atoms. The van der Waals surface area contributed by atoms with Gasteiger partial charge in [-0.25, -0.2) is 4.79 Å². The molecule has 2 N–H and O–H groups in total. The average molecular weight is 263 g/mol. The molecule has 0 fully saturated rings. The lowest BCUT2D eigenvalue weighted by atomic mass is 10.1. The fraction of sp³-hybridized carbons (Fsp3) is 0.700. The minimum Gasteiger partial charge on any atom is -0.480 e. The number of esters is 1. The Morgan fingerprint density at radius 2 is 2.00 bits per heavy atom. The number of thioether (sulfide) groups is 1. The van der Waals surface area contributed by atoms with Crippen LogP contribution in [0.1, 0.15) is 19.3 Å². The first-order chi connectivity index (χ1) is 8.01. The summed E-state index contributed by atoms with van der Waals surface area (Å²) in [6.07, 6.45) is 2.13. The number of amides is 1. The number of ether oxygens (including phenoxy) is 1. The fourth-order valence-corrected chi connectivity index (χ4v) is 1.47. The van der Waals surface area contributed by atoms with Gasteiger partial charge >= 0.3 is 11.9 Å². The van der Waals surface area contributed by atoms with E-state index in [1.807, 2.05) is 6.26 Å². The van der Waals surface area contributed by atoms with Crippen molar-refractivity contribution in [1.82, 2.24) is 5.32 Å². The lowest BCUT2D eigenvalue weighted by Gasteiger charge is -2.13. The predicted octanol–water partition coefficient (Wildman–Crippen LogP) is 0.262. The zero-order chi connectivity index (χ0) is 13.3. The van der Waals surface area contributed by atoms with Crippen LogP contribution in [0.4, 0.5) is 0 Å². The van der Waals surface area contributed by atoms with Gasteiger partial charge in [-0.1, -0.05) is 0 Å². The van der Waals surface area contributed by atoms with E-state index in [1.54, 1.807) is 0 Å². The molecule has 0 unspecified atom stereocenters. The molecule has 0 bridgehead atoms. The molecule has 6 nitrogen and oxygen atoms in total. The van der Waals surface area contributed by atoms with Crippen molar-refractivity contribution < 1.29 is 24.2 Å². The van der Waals surface area contributed by atoms with Gasteiger partial charge in [-0.2, -0.15) is 11.8 Å². The molecule has 0 aliphatic rings. The van der Waals surface area contributed by atoms with E-state index < -0.39 is 18.0 Å². The zero-order valence-electron chi connectivity index (χ0n) is 9.89. The molecular formula is C10H17NO5S. The molecule has 0 saturated heterocycles. The summed E-state index contributed by atoms with van der Waals surface area (Å²) >= 11 is 1.50. The van der Waals surface area contributed by atoms with Gasteiger partial charge in [0.05, 0.1) is 7.11 Å². The molecule has 0 saturated carbocycles. The van der Waals surface area contributed by atoms with E-state index in [2.05, 4.69) is 10.1 Å². The number of carbonyl (C=O) groups is 3. The summed E-state index contributed by atoms with van der Waals surface area (Å²) in [4.78, 5) is 33.0. The standard InChI is InChI=1S/C10H17NO5S/c1-16-9(13)4-3-7(10(14)15)11-8(12)5-6-17-2/h7H,3-6H2,1-2H3,(H,11,12)(H,14,15)/t7-/m0/s1. The molecule has 0 aromatic carbocycles. The maximum atomic E-state index is 11.3. The topological polar surface area (TPSA) is 92.7 Å². The highest BCUT2D eigenvalue weighted by molar-refractivity contribution is 7.98. The summed E-state index contributed by atoms with van der Waals surface area (Å²) in [7, 11) is 1.23. The van der Waals surface area contributed by atoms with Crippen LogP contribution in [0.5, 0.6) is 0 Å². The largest absolute Gasteiger partial charge is 0.480 e. The molecule has 17 heavy (non-hydrogen) atoms. The van der Waals surface area contributed by atoms with Crippen molar-refractivity contribution in [1.29, 1.82) is 0 Å². The van der Waals surface area contributed by atoms with Gasteiger partial charge in [-0.3, -0.25) is 9.59 Å². The fourth-order valence-electron chi connectivity index (χ4n) is 1.08. The summed E-state index contributed by atoms with van der Waals surface area (Å²) < 4.78 is 4.40. The normalized spacial score (nSPS) is 11.6. The van der Waals surface area contributed by atoms with E-state index in [4.69, 9.17) is 5.11 Å². The number of hydrogen-bond acceptors (Lipinski definition) is 5. The molecule has 0 rings (SSSR count). The highest BCUT2D eigenvalue weighted by Gasteiger charge is 2.20. The first kappa shape index (κ1) is 15.8. The molecule has 0 aromatic heterocycles. The van der Waals surface area contributed by atoms with Gasteiger partial charge in [0, 0.05) is 18.6 Å². The molecule has 1 amide bonds. The lowest BCUT2D eigenvalue weighted by molar-refractivity contribution is -0.144. The number of carbonyl (C=O) groups excluding carboxylic acids is 2. The van der Waals surface area contributed by atoms with Crippen LogP contribution in [0, 0.1) is 0 Å². The molecule has 0 aromatic rings. The number of carboxylic acids is 1. The van der Waals surface area contributed by atoms with Gasteiger partial charge in [-0.15, -0.1) is 0 Å². The number of methoxy groups -OCH3 is 1. The first-order valence-corrected chi connectivity index (χ1v) is 6.48. The van der Waals surface area contributed by atoms with Gasteiger partial charge in [0.1, 0.15) is 6.04 Å². The number of carboxylic acid groups (broad SMARTS) is 1. The van der Waals surface area contributed by atoms with Gasteiger partial charge in [-0.05, 0) is 12.7 Å². The van der Waals surface area contributed by atoms with Crippen molar-refractivity contribution in [3.8, 4) is 0 Å². The van der Waals surface area contributed by atoms with E-state index >= 15 is 0 Å². The van der Waals surface area contributed by atoms with Gasteiger partial charge < -0.3 is 15.2 Å². The number of rotatable bonds is 8. The maximum absolute atomic E-state index is 11.3. The highest BCUT2D eigenvalue weighted by atomic mass is 32.2. The molecule has 98 valence electrons. The van der Waals surface area contributed by atoms with Crippen LogP contribution in [-0.2, 0) is 19.1 Å². The van der Waals surface area contributed by atoms with Crippen LogP contribution >= 0.6 is 11.8 Å². The minimum absolute atomic E-state index is 0.0315. The predicted molar refractivity (Wildman–Crippen MR) is 63.8 cm³/mol. The third-order valence-electron chi connectivity index (χ3n) is 2.03. The molecule has 7 heteroatoms. The quantitative estimate of drug-likeness (QED) is 0.610. The van der Waals surface area contributed by atoms with Crippen molar-refractivity contribution in [2.45, 2.75) is 25.3 Å². The number of aliphatic carboxylic acids is 1. The summed E-state index contributed by atoms with van der Waals surface area (Å²) in [5.41, 5.74) is 0. The Kier molecular flexibility index (Phi) is 8.21. The Bertz CT molecular complexity index is 282. The van der Waals surface area contributed by atoms with E-state index in [-0.39, 0.29) is 25.2 Å². The second-order valence-electron chi connectivity index (χ2n) is 3.32. The molecule has 1 atom stereocenters. The number of nitrogens with one attached hydrogen (secondary N) is 1. The van der Waals surface area contributed by atoms with Gasteiger partial charge in [0.15, 0.2) is 0 Å². The van der Waals surface area contributed by atoms with Crippen LogP contribution in [0.15, 0.2) is 0 Å². The Balaban J connectivity index is 4.10. The summed E-state index contributed by atoms with van der Waals surface area (Å²) in [5.74, 6) is -1.33. The van der Waals surface area contributed by atoms with Crippen LogP contribution in [0.25, 0.3) is 0 Å². The van der Waals surface area contributed by atoms with E-state index in [9.17, 15) is 14.4 Å². The van der Waals surface area contributed by atoms with E-state index in [0.717, 1.165) is 0 Å². The third kappa shape index (κ3) is 7.62. The summed E-state index contributed by atoms with van der Waals surface area (Å²) in [5, 5.41) is 11.2. The van der Waals surface area contributed by atoms with Crippen molar-refractivity contribution in [2.75, 3.05) is 19.1 Å². The van der Waals surface area contributed by atoms with Crippen molar-refractivity contribution in [3.05, 3.63) is 0 Å². The Morgan fingerprint density at radius 3 is 2.47 bits per heavy atom. The molecule has 0 heterocycles. The average Bonchev–Trinajstić information content (AvgIpc) is 2.30. The number of hydrogen-bond donors (Lipinski definition) is 2. The second kappa shape index (κ2) is 8.86. The van der Waals surface area contributed by atoms with Crippen LogP contribution in [0.2, 0.25) is 0 Å². The SMILES string of the molecule is COC(=O)CC[C@H](NC(=O)CCSC)C(=O)O. The Hall–Kier alpha value is -1.24. The van der Waals surface area contributed by atoms with E-state index in [1.165, 1.54) is 18.9 Å². The molecule has 0 radical (unpaired) electrons. The first-order valence-electron chi connectivity index (χ1n) is 5.09. The van der Waals surface area contributed by atoms with Gasteiger partial charge in [0.25, 0.3) is 0 Å². The Morgan fingerprint density at radius 1 is 1.35 bits per heavy atom. The van der Waals surface area contributed by atoms with Crippen molar-refractivity contribution >= 4 is 29.6 Å². The minimum atomic E-state index is -1.15. The van der Waals surface area contributed by atoms with Gasteiger partial charge in [0.2, 0.25) is 5.91 Å². The molecular weight excluding hydrogens is 246 g/mol. The summed E-state index contributed by atoms with van der Waals surface area (Å²) in [6, 6.07) is -1.04. The maximum Gasteiger partial charge on any atom is 0.326 e.